The van der Waals surface area contributed by atoms with Gasteiger partial charge in [0.15, 0.2) is 11.5 Å². The van der Waals surface area contributed by atoms with E-state index < -0.39 is 11.9 Å². The standard InChI is InChI=1S/C19H18N6O4/c1-27-16-8-13(9-17(28-2)18(16)29-3)15(10-20)22-19(26)12-4-6-14(7-5-12)25-11-21-23-24-25/h4-9,11,15H,1-3H3,(H,22,26). The number of rotatable bonds is 7. The molecule has 0 aliphatic carbocycles. The van der Waals surface area contributed by atoms with Crippen LogP contribution in [0.25, 0.3) is 5.69 Å². The number of ether oxygens (including phenoxy) is 3. The Hall–Kier alpha value is -4.13. The maximum atomic E-state index is 12.6. The highest BCUT2D eigenvalue weighted by Gasteiger charge is 2.21. The van der Waals surface area contributed by atoms with Crippen LogP contribution in [0.1, 0.15) is 22.0 Å². The number of nitriles is 1. The summed E-state index contributed by atoms with van der Waals surface area (Å²) in [6, 6.07) is 11.0. The predicted molar refractivity (Wildman–Crippen MR) is 101 cm³/mol. The highest BCUT2D eigenvalue weighted by molar-refractivity contribution is 5.94. The van der Waals surface area contributed by atoms with Gasteiger partial charge in [-0.25, -0.2) is 4.68 Å². The van der Waals surface area contributed by atoms with Crippen molar-refractivity contribution in [3.8, 4) is 29.0 Å². The van der Waals surface area contributed by atoms with E-state index in [0.29, 0.717) is 34.1 Å². The summed E-state index contributed by atoms with van der Waals surface area (Å²) >= 11 is 0. The molecule has 1 amide bonds. The van der Waals surface area contributed by atoms with Crippen LogP contribution < -0.4 is 19.5 Å². The molecule has 1 unspecified atom stereocenters. The average molecular weight is 394 g/mol. The van der Waals surface area contributed by atoms with E-state index in [4.69, 9.17) is 14.2 Å². The summed E-state index contributed by atoms with van der Waals surface area (Å²) in [6.07, 6.45) is 1.45. The molecule has 1 heterocycles. The molecule has 0 aliphatic rings. The zero-order valence-corrected chi connectivity index (χ0v) is 16.0. The number of nitrogens with zero attached hydrogens (tertiary/aromatic N) is 5. The van der Waals surface area contributed by atoms with Gasteiger partial charge in [-0.3, -0.25) is 4.79 Å². The molecule has 1 aromatic heterocycles. The monoisotopic (exact) mass is 394 g/mol. The number of hydrogen-bond acceptors (Lipinski definition) is 8. The summed E-state index contributed by atoms with van der Waals surface area (Å²) in [6.45, 7) is 0. The fourth-order valence-electron chi connectivity index (χ4n) is 2.72. The van der Waals surface area contributed by atoms with Gasteiger partial charge in [-0.1, -0.05) is 0 Å². The zero-order chi connectivity index (χ0) is 20.8. The second kappa shape index (κ2) is 8.71. The number of carbonyl (C=O) groups is 1. The van der Waals surface area contributed by atoms with E-state index in [1.165, 1.54) is 32.3 Å². The Bertz CT molecular complexity index is 1000. The van der Waals surface area contributed by atoms with Gasteiger partial charge < -0.3 is 19.5 Å². The lowest BCUT2D eigenvalue weighted by atomic mass is 10.1. The van der Waals surface area contributed by atoms with Crippen molar-refractivity contribution >= 4 is 5.91 Å². The Balaban J connectivity index is 1.82. The lowest BCUT2D eigenvalue weighted by Crippen LogP contribution is -2.27. The van der Waals surface area contributed by atoms with E-state index in [1.807, 2.05) is 0 Å². The Kier molecular flexibility index (Phi) is 5.89. The summed E-state index contributed by atoms with van der Waals surface area (Å²) in [5.74, 6) is 0.776. The van der Waals surface area contributed by atoms with Gasteiger partial charge >= 0.3 is 0 Å². The highest BCUT2D eigenvalue weighted by Crippen LogP contribution is 2.39. The summed E-state index contributed by atoms with van der Waals surface area (Å²) in [5, 5.41) is 23.2. The molecule has 0 radical (unpaired) electrons. The predicted octanol–water partition coefficient (Wildman–Crippen LogP) is 1.68. The first kappa shape index (κ1) is 19.6. The normalized spacial score (nSPS) is 11.2. The molecule has 10 nitrogen and oxygen atoms in total. The molecule has 1 atom stereocenters. The third-order valence-corrected chi connectivity index (χ3v) is 4.17. The molecule has 0 fully saturated rings. The maximum absolute atomic E-state index is 12.6. The van der Waals surface area contributed by atoms with Gasteiger partial charge in [0.05, 0.1) is 33.1 Å². The minimum atomic E-state index is -0.921. The minimum absolute atomic E-state index is 0.384. The molecule has 0 saturated carbocycles. The van der Waals surface area contributed by atoms with Crippen molar-refractivity contribution in [1.29, 1.82) is 5.26 Å². The number of hydrogen-bond donors (Lipinski definition) is 1. The van der Waals surface area contributed by atoms with Gasteiger partial charge in [0.1, 0.15) is 12.4 Å². The SMILES string of the molecule is COc1cc(C(C#N)NC(=O)c2ccc(-n3cnnn3)cc2)cc(OC)c1OC. The number of carbonyl (C=O) groups excluding carboxylic acids is 1. The molecule has 0 bridgehead atoms. The number of benzene rings is 2. The van der Waals surface area contributed by atoms with Crippen molar-refractivity contribution in [2.75, 3.05) is 21.3 Å². The quantitative estimate of drug-likeness (QED) is 0.642. The molecule has 0 aliphatic heterocycles. The van der Waals surface area contributed by atoms with Crippen LogP contribution in [0.4, 0.5) is 0 Å². The number of amides is 1. The molecule has 0 saturated heterocycles. The van der Waals surface area contributed by atoms with Crippen LogP contribution in [0.3, 0.4) is 0 Å². The van der Waals surface area contributed by atoms with E-state index >= 15 is 0 Å². The number of aromatic nitrogens is 4. The first-order valence-corrected chi connectivity index (χ1v) is 8.45. The maximum Gasteiger partial charge on any atom is 0.252 e. The molecule has 2 aromatic carbocycles. The van der Waals surface area contributed by atoms with Crippen LogP contribution in [0.5, 0.6) is 17.2 Å². The Morgan fingerprint density at radius 3 is 2.24 bits per heavy atom. The third kappa shape index (κ3) is 4.08. The van der Waals surface area contributed by atoms with Gasteiger partial charge in [0.2, 0.25) is 5.75 Å². The smallest absolute Gasteiger partial charge is 0.252 e. The van der Waals surface area contributed by atoms with Crippen LogP contribution in [0, 0.1) is 11.3 Å². The molecular formula is C19H18N6O4. The van der Waals surface area contributed by atoms with Crippen LogP contribution >= 0.6 is 0 Å². The van der Waals surface area contributed by atoms with E-state index in [9.17, 15) is 10.1 Å². The molecule has 0 spiro atoms. The van der Waals surface area contributed by atoms with Crippen molar-refractivity contribution in [3.05, 3.63) is 53.9 Å². The first-order chi connectivity index (χ1) is 14.1. The fraction of sp³-hybridized carbons (Fsp3) is 0.211. The van der Waals surface area contributed by atoms with Crippen molar-refractivity contribution in [2.24, 2.45) is 0 Å². The van der Waals surface area contributed by atoms with E-state index in [2.05, 4.69) is 26.9 Å². The van der Waals surface area contributed by atoms with Crippen LogP contribution in [0.15, 0.2) is 42.7 Å². The third-order valence-electron chi connectivity index (χ3n) is 4.17. The van der Waals surface area contributed by atoms with E-state index in [-0.39, 0.29) is 0 Å². The minimum Gasteiger partial charge on any atom is -0.493 e. The Morgan fingerprint density at radius 2 is 1.76 bits per heavy atom. The molecule has 3 rings (SSSR count). The summed E-state index contributed by atoms with van der Waals surface area (Å²) in [5.41, 5.74) is 1.59. The van der Waals surface area contributed by atoms with Crippen LogP contribution in [-0.4, -0.2) is 47.4 Å². The first-order valence-electron chi connectivity index (χ1n) is 8.45. The molecule has 3 aromatic rings. The average Bonchev–Trinajstić information content (AvgIpc) is 3.31. The van der Waals surface area contributed by atoms with Crippen molar-refractivity contribution in [3.63, 3.8) is 0 Å². The number of methoxy groups -OCH3 is 3. The van der Waals surface area contributed by atoms with Crippen molar-refractivity contribution in [2.45, 2.75) is 6.04 Å². The lowest BCUT2D eigenvalue weighted by molar-refractivity contribution is 0.0945. The van der Waals surface area contributed by atoms with Crippen molar-refractivity contribution < 1.29 is 19.0 Å². The Labute approximate surface area is 166 Å². The van der Waals surface area contributed by atoms with Gasteiger partial charge in [-0.15, -0.1) is 5.10 Å². The summed E-state index contributed by atoms with van der Waals surface area (Å²) in [4.78, 5) is 12.6. The second-order valence-corrected chi connectivity index (χ2v) is 5.80. The largest absolute Gasteiger partial charge is 0.493 e. The van der Waals surface area contributed by atoms with Gasteiger partial charge in [0, 0.05) is 5.56 Å². The molecule has 148 valence electrons. The van der Waals surface area contributed by atoms with E-state index in [1.54, 1.807) is 36.4 Å². The molecular weight excluding hydrogens is 376 g/mol. The van der Waals surface area contributed by atoms with E-state index in [0.717, 1.165) is 0 Å². The second-order valence-electron chi connectivity index (χ2n) is 5.80. The topological polar surface area (TPSA) is 124 Å². The van der Waals surface area contributed by atoms with Crippen LogP contribution in [0.2, 0.25) is 0 Å². The Morgan fingerprint density at radius 1 is 1.10 bits per heavy atom. The lowest BCUT2D eigenvalue weighted by Gasteiger charge is -2.17. The molecule has 10 heteroatoms. The van der Waals surface area contributed by atoms with Gasteiger partial charge in [-0.2, -0.15) is 5.26 Å². The zero-order valence-electron chi connectivity index (χ0n) is 16.0. The fourth-order valence-corrected chi connectivity index (χ4v) is 2.72. The molecule has 1 N–H and O–H groups in total. The van der Waals surface area contributed by atoms with Gasteiger partial charge in [-0.05, 0) is 52.4 Å². The van der Waals surface area contributed by atoms with Crippen LogP contribution in [-0.2, 0) is 0 Å². The number of nitrogens with one attached hydrogen (secondary N) is 1. The summed E-state index contributed by atoms with van der Waals surface area (Å²) < 4.78 is 17.4. The number of tetrazole rings is 1. The molecule has 29 heavy (non-hydrogen) atoms. The van der Waals surface area contributed by atoms with Gasteiger partial charge in [0.25, 0.3) is 5.91 Å². The summed E-state index contributed by atoms with van der Waals surface area (Å²) in [7, 11) is 4.45. The highest BCUT2D eigenvalue weighted by atomic mass is 16.5. The van der Waals surface area contributed by atoms with Crippen molar-refractivity contribution in [1.82, 2.24) is 25.5 Å².